The van der Waals surface area contributed by atoms with Crippen LogP contribution in [0.1, 0.15) is 25.7 Å². The summed E-state index contributed by atoms with van der Waals surface area (Å²) in [6.45, 7) is 3.70. The molecule has 0 bridgehead atoms. The van der Waals surface area contributed by atoms with Gasteiger partial charge in [0.1, 0.15) is 0 Å². The Morgan fingerprint density at radius 1 is 1.09 bits per heavy atom. The van der Waals surface area contributed by atoms with E-state index in [1.807, 2.05) is 0 Å². The number of likely N-dealkylation sites (tertiary alicyclic amines) is 1. The highest BCUT2D eigenvalue weighted by Gasteiger charge is 2.37. The van der Waals surface area contributed by atoms with Crippen molar-refractivity contribution in [2.45, 2.75) is 36.6 Å². The maximum absolute atomic E-state index is 13.0. The van der Waals surface area contributed by atoms with Gasteiger partial charge in [-0.15, -0.1) is 0 Å². The number of hydrogen-bond acceptors (Lipinski definition) is 3. The Morgan fingerprint density at radius 2 is 1.82 bits per heavy atom. The fourth-order valence-corrected chi connectivity index (χ4v) is 6.77. The van der Waals surface area contributed by atoms with Gasteiger partial charge in [-0.25, -0.2) is 8.42 Å². The summed E-state index contributed by atoms with van der Waals surface area (Å²) in [4.78, 5) is 2.76. The van der Waals surface area contributed by atoms with Crippen molar-refractivity contribution in [3.8, 4) is 0 Å². The van der Waals surface area contributed by atoms with Gasteiger partial charge in [0.25, 0.3) is 0 Å². The van der Waals surface area contributed by atoms with Gasteiger partial charge >= 0.3 is 0 Å². The maximum atomic E-state index is 13.0. The average Bonchev–Trinajstić information content (AvgIpc) is 3.10. The minimum atomic E-state index is -3.44. The van der Waals surface area contributed by atoms with E-state index >= 15 is 0 Å². The molecule has 22 heavy (non-hydrogen) atoms. The van der Waals surface area contributed by atoms with Crippen molar-refractivity contribution in [3.05, 3.63) is 27.1 Å². The van der Waals surface area contributed by atoms with Gasteiger partial charge in [-0.3, -0.25) is 0 Å². The molecule has 2 saturated heterocycles. The van der Waals surface area contributed by atoms with Gasteiger partial charge in [-0.2, -0.15) is 4.31 Å². The monoisotopic (exact) mass is 450 g/mol. The second-order valence-corrected chi connectivity index (χ2v) is 9.62. The molecule has 122 valence electrons. The van der Waals surface area contributed by atoms with E-state index in [2.05, 4.69) is 36.8 Å². The van der Waals surface area contributed by atoms with Gasteiger partial charge in [0.05, 0.1) is 4.90 Å². The second-order valence-electron chi connectivity index (χ2n) is 5.99. The fourth-order valence-electron chi connectivity index (χ4n) is 3.38. The van der Waals surface area contributed by atoms with Gasteiger partial charge in [0.2, 0.25) is 10.0 Å². The molecule has 0 amide bonds. The van der Waals surface area contributed by atoms with Crippen molar-refractivity contribution in [2.75, 3.05) is 26.2 Å². The van der Waals surface area contributed by atoms with Crippen molar-refractivity contribution in [2.24, 2.45) is 0 Å². The van der Waals surface area contributed by atoms with Crippen LogP contribution in [-0.2, 0) is 10.0 Å². The predicted molar refractivity (Wildman–Crippen MR) is 94.4 cm³/mol. The zero-order valence-corrected chi connectivity index (χ0v) is 16.3. The van der Waals surface area contributed by atoms with Gasteiger partial charge in [0.15, 0.2) is 0 Å². The fraction of sp³-hybridized carbons (Fsp3) is 0.600. The molecule has 1 atom stereocenters. The van der Waals surface area contributed by atoms with Crippen LogP contribution in [0.5, 0.6) is 0 Å². The molecule has 4 nitrogen and oxygen atoms in total. The van der Waals surface area contributed by atoms with E-state index in [1.54, 1.807) is 22.5 Å². The maximum Gasteiger partial charge on any atom is 0.244 e. The summed E-state index contributed by atoms with van der Waals surface area (Å²) in [7, 11) is -3.44. The highest BCUT2D eigenvalue weighted by Crippen LogP contribution is 2.32. The van der Waals surface area contributed by atoms with Crippen LogP contribution in [-0.4, -0.2) is 49.8 Å². The highest BCUT2D eigenvalue weighted by atomic mass is 79.9. The Balaban J connectivity index is 1.83. The van der Waals surface area contributed by atoms with Gasteiger partial charge < -0.3 is 4.90 Å². The van der Waals surface area contributed by atoms with Crippen molar-refractivity contribution in [3.63, 3.8) is 0 Å². The molecule has 0 spiro atoms. The predicted octanol–water partition coefficient (Wildman–Crippen LogP) is 3.46. The second kappa shape index (κ2) is 6.89. The first kappa shape index (κ1) is 16.9. The van der Waals surface area contributed by atoms with Crippen LogP contribution < -0.4 is 0 Å². The third-order valence-electron chi connectivity index (χ3n) is 4.47. The van der Waals surface area contributed by atoms with E-state index in [-0.39, 0.29) is 6.04 Å². The summed E-state index contributed by atoms with van der Waals surface area (Å²) in [5.74, 6) is 0. The number of rotatable bonds is 4. The number of nitrogens with zero attached hydrogens (tertiary/aromatic N) is 2. The van der Waals surface area contributed by atoms with Crippen LogP contribution in [0.15, 0.2) is 32.0 Å². The first-order valence-electron chi connectivity index (χ1n) is 7.68. The zero-order valence-electron chi connectivity index (χ0n) is 12.3. The lowest BCUT2D eigenvalue weighted by Crippen LogP contribution is -2.42. The molecular weight excluding hydrogens is 432 g/mol. The lowest BCUT2D eigenvalue weighted by Gasteiger charge is -2.28. The molecule has 2 fully saturated rings. The van der Waals surface area contributed by atoms with Crippen LogP contribution in [0.3, 0.4) is 0 Å². The summed E-state index contributed by atoms with van der Waals surface area (Å²) in [6, 6.07) is 5.36. The highest BCUT2D eigenvalue weighted by molar-refractivity contribution is 9.11. The first-order chi connectivity index (χ1) is 10.5. The van der Waals surface area contributed by atoms with Crippen molar-refractivity contribution < 1.29 is 8.42 Å². The van der Waals surface area contributed by atoms with Crippen LogP contribution in [0.4, 0.5) is 0 Å². The molecule has 0 saturated carbocycles. The van der Waals surface area contributed by atoms with E-state index in [9.17, 15) is 8.42 Å². The number of benzene rings is 1. The molecule has 7 heteroatoms. The van der Waals surface area contributed by atoms with Crippen molar-refractivity contribution in [1.29, 1.82) is 0 Å². The van der Waals surface area contributed by atoms with Crippen LogP contribution in [0.25, 0.3) is 0 Å². The normalized spacial score (nSPS) is 24.2. The van der Waals surface area contributed by atoms with E-state index in [1.165, 1.54) is 12.8 Å². The van der Waals surface area contributed by atoms with Gasteiger partial charge in [-0.05, 0) is 72.9 Å². The summed E-state index contributed by atoms with van der Waals surface area (Å²) in [5, 5.41) is 0. The molecule has 2 aliphatic heterocycles. The van der Waals surface area contributed by atoms with E-state index in [0.717, 1.165) is 36.9 Å². The molecule has 2 aliphatic rings. The van der Waals surface area contributed by atoms with E-state index in [4.69, 9.17) is 0 Å². The largest absolute Gasteiger partial charge is 0.302 e. The first-order valence-corrected chi connectivity index (χ1v) is 10.7. The number of halogens is 2. The minimum absolute atomic E-state index is 0.110. The van der Waals surface area contributed by atoms with E-state index < -0.39 is 10.0 Å². The third-order valence-corrected chi connectivity index (χ3v) is 7.89. The lowest BCUT2D eigenvalue weighted by molar-refractivity contribution is 0.257. The smallest absolute Gasteiger partial charge is 0.244 e. The number of hydrogen-bond donors (Lipinski definition) is 0. The SMILES string of the molecule is O=S(=O)(c1ccc(Br)cc1Br)N1CCCC1CN1CCCC1. The molecule has 0 aliphatic carbocycles. The molecule has 1 aromatic rings. The van der Waals surface area contributed by atoms with Crippen molar-refractivity contribution >= 4 is 41.9 Å². The standard InChI is InChI=1S/C15H20Br2N2O2S/c16-12-5-6-15(14(17)10-12)22(20,21)19-9-3-4-13(19)11-18-7-1-2-8-18/h5-6,10,13H,1-4,7-9,11H2. The topological polar surface area (TPSA) is 40.6 Å². The molecule has 3 rings (SSSR count). The minimum Gasteiger partial charge on any atom is -0.302 e. The quantitative estimate of drug-likeness (QED) is 0.703. The average molecular weight is 452 g/mol. The van der Waals surface area contributed by atoms with Crippen LogP contribution >= 0.6 is 31.9 Å². The van der Waals surface area contributed by atoms with Gasteiger partial charge in [0, 0.05) is 28.1 Å². The molecule has 2 heterocycles. The molecule has 1 aromatic carbocycles. The molecular formula is C15H20Br2N2O2S. The van der Waals surface area contributed by atoms with Crippen LogP contribution in [0, 0.1) is 0 Å². The van der Waals surface area contributed by atoms with Crippen LogP contribution in [0.2, 0.25) is 0 Å². The Morgan fingerprint density at radius 3 is 2.50 bits per heavy atom. The zero-order chi connectivity index (χ0) is 15.7. The third kappa shape index (κ3) is 3.43. The summed E-state index contributed by atoms with van der Waals surface area (Å²) < 4.78 is 29.2. The Labute approximate surface area is 149 Å². The summed E-state index contributed by atoms with van der Waals surface area (Å²) in [5.41, 5.74) is 0. The van der Waals surface area contributed by atoms with Crippen molar-refractivity contribution in [1.82, 2.24) is 9.21 Å². The number of sulfonamides is 1. The molecule has 0 N–H and O–H groups in total. The molecule has 1 unspecified atom stereocenters. The summed E-state index contributed by atoms with van der Waals surface area (Å²) >= 11 is 6.76. The lowest BCUT2D eigenvalue weighted by atomic mass is 10.2. The Hall–Kier alpha value is 0.0500. The van der Waals surface area contributed by atoms with Gasteiger partial charge in [-0.1, -0.05) is 15.9 Å². The van der Waals surface area contributed by atoms with E-state index in [0.29, 0.717) is 15.9 Å². The molecule has 0 aromatic heterocycles. The Bertz CT molecular complexity index is 645. The Kier molecular flexibility index (Phi) is 5.29. The molecule has 0 radical (unpaired) electrons. The summed E-state index contributed by atoms with van der Waals surface area (Å²) in [6.07, 6.45) is 4.38.